The molecule has 0 amide bonds. The lowest BCUT2D eigenvalue weighted by Gasteiger charge is -2.05. The van der Waals surface area contributed by atoms with E-state index in [4.69, 9.17) is 16.3 Å². The Morgan fingerprint density at radius 3 is 3.00 bits per heavy atom. The summed E-state index contributed by atoms with van der Waals surface area (Å²) in [5, 5.41) is 0. The fraction of sp³-hybridized carbons (Fsp3) is 0.286. The van der Waals surface area contributed by atoms with Gasteiger partial charge in [0.05, 0.1) is 6.20 Å². The third kappa shape index (κ3) is 2.23. The van der Waals surface area contributed by atoms with Crippen LogP contribution in [-0.4, -0.2) is 10.5 Å². The topological polar surface area (TPSA) is 22.1 Å². The third-order valence-electron chi connectivity index (χ3n) is 0.933. The summed E-state index contributed by atoms with van der Waals surface area (Å²) < 4.78 is 5.12. The molecule has 3 heteroatoms. The van der Waals surface area contributed by atoms with Gasteiger partial charge in [-0.1, -0.05) is 11.6 Å². The summed E-state index contributed by atoms with van der Waals surface area (Å²) in [5.41, 5.74) is -0.302. The Balaban J connectivity index is 2.59. The fourth-order valence-electron chi connectivity index (χ4n) is 0.604. The van der Waals surface area contributed by atoms with Crippen molar-refractivity contribution in [1.82, 2.24) is 4.98 Å². The van der Waals surface area contributed by atoms with E-state index in [0.29, 0.717) is 5.75 Å². The zero-order chi connectivity index (χ0) is 7.40. The van der Waals surface area contributed by atoms with Crippen LogP contribution in [0.15, 0.2) is 24.5 Å². The number of nitrogens with zero attached hydrogens (tertiary/aromatic N) is 1. The molecule has 10 heavy (non-hydrogen) atoms. The number of hydrogen-bond donors (Lipinski definition) is 0. The van der Waals surface area contributed by atoms with Gasteiger partial charge in [0, 0.05) is 6.20 Å². The maximum atomic E-state index is 5.56. The van der Waals surface area contributed by atoms with E-state index in [1.807, 2.05) is 6.07 Å². The average molecular weight is 158 g/mol. The maximum Gasteiger partial charge on any atom is 0.169 e. The third-order valence-corrected chi connectivity index (χ3v) is 1.02. The summed E-state index contributed by atoms with van der Waals surface area (Å²) in [6.07, 6.45) is 3.31. The monoisotopic (exact) mass is 157 g/mol. The zero-order valence-corrected chi connectivity index (χ0v) is 6.38. The lowest BCUT2D eigenvalue weighted by molar-refractivity contribution is 0.300. The molecule has 0 fully saturated rings. The highest BCUT2D eigenvalue weighted by molar-refractivity contribution is 6.19. The lowest BCUT2D eigenvalue weighted by Crippen LogP contribution is -2.01. The first kappa shape index (κ1) is 7.35. The Labute approximate surface area is 64.8 Å². The molecule has 0 bridgehead atoms. The fourth-order valence-corrected chi connectivity index (χ4v) is 0.707. The number of hydrogen-bond acceptors (Lipinski definition) is 2. The number of pyridine rings is 1. The lowest BCUT2D eigenvalue weighted by atomic mass is 10.5. The zero-order valence-electron chi connectivity index (χ0n) is 5.62. The van der Waals surface area contributed by atoms with E-state index >= 15 is 0 Å². The smallest absolute Gasteiger partial charge is 0.169 e. The maximum absolute atomic E-state index is 5.56. The highest BCUT2D eigenvalue weighted by atomic mass is 35.5. The van der Waals surface area contributed by atoms with Gasteiger partial charge in [0.1, 0.15) is 5.75 Å². The molecule has 0 saturated carbocycles. The van der Waals surface area contributed by atoms with Crippen molar-refractivity contribution < 1.29 is 4.74 Å². The average Bonchev–Trinajstić information content (AvgIpc) is 1.88. The Morgan fingerprint density at radius 2 is 2.50 bits per heavy atom. The summed E-state index contributed by atoms with van der Waals surface area (Å²) in [4.78, 5) is 3.85. The number of ether oxygens (including phenoxy) is 1. The van der Waals surface area contributed by atoms with Crippen molar-refractivity contribution in [3.05, 3.63) is 24.5 Å². The van der Waals surface area contributed by atoms with Gasteiger partial charge < -0.3 is 4.74 Å². The standard InChI is InChI=1S/C7H8ClNO/c1-6(8)10-7-3-2-4-9-5-7/h2-6H,1H3. The normalized spacial score (nSPS) is 12.6. The first-order valence-corrected chi connectivity index (χ1v) is 3.43. The number of alkyl halides is 1. The summed E-state index contributed by atoms with van der Waals surface area (Å²) >= 11 is 5.56. The van der Waals surface area contributed by atoms with Crippen LogP contribution >= 0.6 is 11.6 Å². The van der Waals surface area contributed by atoms with Crippen molar-refractivity contribution in [3.8, 4) is 5.75 Å². The van der Waals surface area contributed by atoms with E-state index < -0.39 is 0 Å². The van der Waals surface area contributed by atoms with E-state index in [2.05, 4.69) is 4.98 Å². The molecule has 0 aromatic carbocycles. The molecule has 2 nitrogen and oxygen atoms in total. The largest absolute Gasteiger partial charge is 0.473 e. The molecule has 1 heterocycles. The molecule has 1 rings (SSSR count). The van der Waals surface area contributed by atoms with Crippen LogP contribution < -0.4 is 4.74 Å². The summed E-state index contributed by atoms with van der Waals surface area (Å²) in [5.74, 6) is 0.699. The molecule has 1 atom stereocenters. The minimum absolute atomic E-state index is 0.302. The van der Waals surface area contributed by atoms with Crippen molar-refractivity contribution in [2.75, 3.05) is 0 Å². The second-order valence-corrected chi connectivity index (χ2v) is 2.46. The van der Waals surface area contributed by atoms with Crippen molar-refractivity contribution in [1.29, 1.82) is 0 Å². The molecule has 1 unspecified atom stereocenters. The SMILES string of the molecule is CC(Cl)Oc1cccnc1. The van der Waals surface area contributed by atoms with Crippen LogP contribution in [0.2, 0.25) is 0 Å². The van der Waals surface area contributed by atoms with Gasteiger partial charge in [-0.3, -0.25) is 4.98 Å². The summed E-state index contributed by atoms with van der Waals surface area (Å²) in [7, 11) is 0. The summed E-state index contributed by atoms with van der Waals surface area (Å²) in [6, 6.07) is 3.61. The molecule has 1 aromatic heterocycles. The van der Waals surface area contributed by atoms with Crippen LogP contribution in [0.1, 0.15) is 6.92 Å². The minimum Gasteiger partial charge on any atom is -0.473 e. The van der Waals surface area contributed by atoms with Crippen LogP contribution in [0.4, 0.5) is 0 Å². The first-order chi connectivity index (χ1) is 4.79. The van der Waals surface area contributed by atoms with Crippen LogP contribution in [0.25, 0.3) is 0 Å². The van der Waals surface area contributed by atoms with Gasteiger partial charge in [-0.25, -0.2) is 0 Å². The first-order valence-electron chi connectivity index (χ1n) is 3.00. The van der Waals surface area contributed by atoms with Crippen molar-refractivity contribution in [2.24, 2.45) is 0 Å². The van der Waals surface area contributed by atoms with Crippen molar-refractivity contribution >= 4 is 11.6 Å². The van der Waals surface area contributed by atoms with E-state index in [-0.39, 0.29) is 5.56 Å². The van der Waals surface area contributed by atoms with Gasteiger partial charge in [-0.2, -0.15) is 0 Å². The number of rotatable bonds is 2. The second-order valence-electron chi connectivity index (χ2n) is 1.85. The van der Waals surface area contributed by atoms with Crippen LogP contribution in [-0.2, 0) is 0 Å². The van der Waals surface area contributed by atoms with Crippen LogP contribution in [0, 0.1) is 0 Å². The van der Waals surface area contributed by atoms with Crippen LogP contribution in [0.3, 0.4) is 0 Å². The molecule has 1 aromatic rings. The van der Waals surface area contributed by atoms with E-state index in [1.54, 1.807) is 25.4 Å². The number of aromatic nitrogens is 1. The van der Waals surface area contributed by atoms with Crippen molar-refractivity contribution in [2.45, 2.75) is 12.5 Å². The van der Waals surface area contributed by atoms with E-state index in [0.717, 1.165) is 0 Å². The Hall–Kier alpha value is -0.760. The van der Waals surface area contributed by atoms with Gasteiger partial charge in [0.15, 0.2) is 5.56 Å². The molecule has 0 radical (unpaired) electrons. The molecule has 0 aliphatic heterocycles. The van der Waals surface area contributed by atoms with Gasteiger partial charge in [0.25, 0.3) is 0 Å². The quantitative estimate of drug-likeness (QED) is 0.613. The Morgan fingerprint density at radius 1 is 1.70 bits per heavy atom. The molecule has 0 aliphatic rings. The van der Waals surface area contributed by atoms with Gasteiger partial charge in [-0.05, 0) is 19.1 Å². The molecule has 54 valence electrons. The predicted octanol–water partition coefficient (Wildman–Crippen LogP) is 2.05. The van der Waals surface area contributed by atoms with Gasteiger partial charge in [-0.15, -0.1) is 0 Å². The molecule has 0 spiro atoms. The Bertz CT molecular complexity index is 188. The molecular formula is C7H8ClNO. The molecular weight excluding hydrogens is 150 g/mol. The number of halogens is 1. The molecule has 0 N–H and O–H groups in total. The minimum atomic E-state index is -0.302. The van der Waals surface area contributed by atoms with E-state index in [1.165, 1.54) is 0 Å². The van der Waals surface area contributed by atoms with Crippen molar-refractivity contribution in [3.63, 3.8) is 0 Å². The van der Waals surface area contributed by atoms with E-state index in [9.17, 15) is 0 Å². The highest BCUT2D eigenvalue weighted by Crippen LogP contribution is 2.09. The van der Waals surface area contributed by atoms with Gasteiger partial charge in [0.2, 0.25) is 0 Å². The summed E-state index contributed by atoms with van der Waals surface area (Å²) in [6.45, 7) is 1.76. The second kappa shape index (κ2) is 3.42. The highest BCUT2D eigenvalue weighted by Gasteiger charge is 1.95. The predicted molar refractivity (Wildman–Crippen MR) is 40.2 cm³/mol. The molecule has 0 aliphatic carbocycles. The Kier molecular flexibility index (Phi) is 2.51. The van der Waals surface area contributed by atoms with Gasteiger partial charge >= 0.3 is 0 Å². The molecule has 0 saturated heterocycles. The van der Waals surface area contributed by atoms with Crippen LogP contribution in [0.5, 0.6) is 5.75 Å².